The summed E-state index contributed by atoms with van der Waals surface area (Å²) < 4.78 is 9.92. The summed E-state index contributed by atoms with van der Waals surface area (Å²) in [5.74, 6) is -0.259. The number of nitrogen functional groups attached to an aromatic ring is 1. The molecule has 0 fully saturated rings. The van der Waals surface area contributed by atoms with Gasteiger partial charge in [-0.05, 0) is 12.1 Å². The molecule has 0 aliphatic heterocycles. The number of hydrogen-bond donors (Lipinski definition) is 2. The third-order valence-corrected chi connectivity index (χ3v) is 1.54. The molecule has 5 nitrogen and oxygen atoms in total. The van der Waals surface area contributed by atoms with E-state index in [2.05, 4.69) is 0 Å². The zero-order valence-corrected chi connectivity index (χ0v) is 7.69. The molecule has 0 unspecified atom stereocenters. The summed E-state index contributed by atoms with van der Waals surface area (Å²) in [6.07, 6.45) is 0. The van der Waals surface area contributed by atoms with Gasteiger partial charge in [0.05, 0.1) is 7.11 Å². The van der Waals surface area contributed by atoms with Crippen molar-refractivity contribution < 1.29 is 19.4 Å². The molecule has 3 N–H and O–H groups in total. The summed E-state index contributed by atoms with van der Waals surface area (Å²) >= 11 is 0. The lowest BCUT2D eigenvalue weighted by Gasteiger charge is -2.09. The summed E-state index contributed by atoms with van der Waals surface area (Å²) in [7, 11) is 1.47. The molecule has 1 rings (SSSR count). The highest BCUT2D eigenvalue weighted by atomic mass is 16.5. The number of aliphatic carboxylic acids is 1. The SMILES string of the molecule is COc1ccc(N)cc1OCC(=O)O. The minimum absolute atomic E-state index is 0.329. The van der Waals surface area contributed by atoms with Gasteiger partial charge in [-0.2, -0.15) is 0 Å². The predicted octanol–water partition coefficient (Wildman–Crippen LogP) is 0.741. The number of carboxylic acids is 1. The van der Waals surface area contributed by atoms with Crippen molar-refractivity contribution in [3.8, 4) is 11.5 Å². The molecule has 5 heteroatoms. The highest BCUT2D eigenvalue weighted by molar-refractivity contribution is 5.68. The topological polar surface area (TPSA) is 81.8 Å². The Balaban J connectivity index is 2.82. The van der Waals surface area contributed by atoms with Gasteiger partial charge in [-0.15, -0.1) is 0 Å². The van der Waals surface area contributed by atoms with Crippen LogP contribution in [0.1, 0.15) is 0 Å². The van der Waals surface area contributed by atoms with Crippen LogP contribution >= 0.6 is 0 Å². The molecular weight excluding hydrogens is 186 g/mol. The summed E-state index contributed by atoms with van der Waals surface area (Å²) in [4.78, 5) is 10.3. The zero-order chi connectivity index (χ0) is 10.6. The Bertz CT molecular complexity index is 338. The summed E-state index contributed by atoms with van der Waals surface area (Å²) in [6.45, 7) is -0.417. The van der Waals surface area contributed by atoms with E-state index in [1.807, 2.05) is 0 Å². The number of carboxylic acid groups (broad SMARTS) is 1. The molecule has 0 aliphatic carbocycles. The molecule has 0 aromatic heterocycles. The van der Waals surface area contributed by atoms with E-state index in [4.69, 9.17) is 20.3 Å². The quantitative estimate of drug-likeness (QED) is 0.696. The van der Waals surface area contributed by atoms with E-state index in [1.54, 1.807) is 12.1 Å². The maximum absolute atomic E-state index is 10.3. The van der Waals surface area contributed by atoms with E-state index in [1.165, 1.54) is 13.2 Å². The molecule has 1 aromatic rings. The van der Waals surface area contributed by atoms with Crippen LogP contribution in [0.15, 0.2) is 18.2 Å². The largest absolute Gasteiger partial charge is 0.493 e. The van der Waals surface area contributed by atoms with Crippen LogP contribution in [0, 0.1) is 0 Å². The fourth-order valence-electron chi connectivity index (χ4n) is 0.946. The third-order valence-electron chi connectivity index (χ3n) is 1.54. The second-order valence-electron chi connectivity index (χ2n) is 2.59. The molecule has 0 saturated heterocycles. The van der Waals surface area contributed by atoms with E-state index >= 15 is 0 Å². The lowest BCUT2D eigenvalue weighted by molar-refractivity contribution is -0.139. The molecular formula is C9H11NO4. The maximum atomic E-state index is 10.3. The van der Waals surface area contributed by atoms with Gasteiger partial charge in [0.1, 0.15) is 0 Å². The molecule has 0 spiro atoms. The molecule has 0 heterocycles. The average molecular weight is 197 g/mol. The van der Waals surface area contributed by atoms with E-state index in [-0.39, 0.29) is 0 Å². The Morgan fingerprint density at radius 2 is 2.21 bits per heavy atom. The lowest BCUT2D eigenvalue weighted by Crippen LogP contribution is -2.10. The van der Waals surface area contributed by atoms with Crippen molar-refractivity contribution in [1.29, 1.82) is 0 Å². The first kappa shape index (κ1) is 10.2. The van der Waals surface area contributed by atoms with E-state index in [0.29, 0.717) is 17.2 Å². The highest BCUT2D eigenvalue weighted by Crippen LogP contribution is 2.28. The standard InChI is InChI=1S/C9H11NO4/c1-13-7-3-2-6(10)4-8(7)14-5-9(11)12/h2-4H,5,10H2,1H3,(H,11,12). The fourth-order valence-corrected chi connectivity index (χ4v) is 0.946. The second kappa shape index (κ2) is 4.36. The Kier molecular flexibility index (Phi) is 3.17. The van der Waals surface area contributed by atoms with E-state index < -0.39 is 12.6 Å². The number of hydrogen-bond acceptors (Lipinski definition) is 4. The van der Waals surface area contributed by atoms with Crippen LogP contribution in [0.4, 0.5) is 5.69 Å². The summed E-state index contributed by atoms with van der Waals surface area (Å²) in [6, 6.07) is 4.78. The van der Waals surface area contributed by atoms with Crippen molar-refractivity contribution in [3.05, 3.63) is 18.2 Å². The van der Waals surface area contributed by atoms with Crippen LogP contribution < -0.4 is 15.2 Å². The number of nitrogens with two attached hydrogens (primary N) is 1. The van der Waals surface area contributed by atoms with Crippen LogP contribution in [0.5, 0.6) is 11.5 Å². The average Bonchev–Trinajstić information content (AvgIpc) is 2.15. The number of ether oxygens (including phenoxy) is 2. The molecule has 14 heavy (non-hydrogen) atoms. The summed E-state index contributed by atoms with van der Waals surface area (Å²) in [5.41, 5.74) is 6.00. The molecule has 0 saturated carbocycles. The van der Waals surface area contributed by atoms with Crippen LogP contribution in [-0.2, 0) is 4.79 Å². The van der Waals surface area contributed by atoms with Crippen LogP contribution in [0.3, 0.4) is 0 Å². The molecule has 0 aliphatic rings. The van der Waals surface area contributed by atoms with Crippen molar-refractivity contribution in [2.45, 2.75) is 0 Å². The Morgan fingerprint density at radius 1 is 1.50 bits per heavy atom. The van der Waals surface area contributed by atoms with Gasteiger partial charge in [0, 0.05) is 11.8 Å². The molecule has 1 aromatic carbocycles. The van der Waals surface area contributed by atoms with Gasteiger partial charge < -0.3 is 20.3 Å². The second-order valence-corrected chi connectivity index (χ2v) is 2.59. The van der Waals surface area contributed by atoms with Gasteiger partial charge in [-0.1, -0.05) is 0 Å². The first-order valence-corrected chi connectivity index (χ1v) is 3.91. The smallest absolute Gasteiger partial charge is 0.341 e. The fraction of sp³-hybridized carbons (Fsp3) is 0.222. The van der Waals surface area contributed by atoms with Crippen molar-refractivity contribution in [3.63, 3.8) is 0 Å². The monoisotopic (exact) mass is 197 g/mol. The molecule has 76 valence electrons. The first-order chi connectivity index (χ1) is 6.63. The Labute approximate surface area is 81.0 Å². The molecule has 0 radical (unpaired) electrons. The zero-order valence-electron chi connectivity index (χ0n) is 7.69. The minimum atomic E-state index is -1.05. The van der Waals surface area contributed by atoms with Gasteiger partial charge in [0.2, 0.25) is 0 Å². The van der Waals surface area contributed by atoms with E-state index in [9.17, 15) is 4.79 Å². The minimum Gasteiger partial charge on any atom is -0.493 e. The van der Waals surface area contributed by atoms with Crippen LogP contribution in [0.2, 0.25) is 0 Å². The van der Waals surface area contributed by atoms with Crippen molar-refractivity contribution in [1.82, 2.24) is 0 Å². The van der Waals surface area contributed by atoms with Crippen LogP contribution in [0.25, 0.3) is 0 Å². The van der Waals surface area contributed by atoms with Gasteiger partial charge in [0.15, 0.2) is 18.1 Å². The predicted molar refractivity (Wildman–Crippen MR) is 50.5 cm³/mol. The van der Waals surface area contributed by atoms with Crippen molar-refractivity contribution in [2.24, 2.45) is 0 Å². The van der Waals surface area contributed by atoms with Gasteiger partial charge in [0.25, 0.3) is 0 Å². The number of carbonyl (C=O) groups is 1. The van der Waals surface area contributed by atoms with Crippen molar-refractivity contribution in [2.75, 3.05) is 19.5 Å². The first-order valence-electron chi connectivity index (χ1n) is 3.91. The summed E-state index contributed by atoms with van der Waals surface area (Å²) in [5, 5.41) is 8.41. The Morgan fingerprint density at radius 3 is 2.79 bits per heavy atom. The van der Waals surface area contributed by atoms with E-state index in [0.717, 1.165) is 0 Å². The van der Waals surface area contributed by atoms with Crippen molar-refractivity contribution >= 4 is 11.7 Å². The third kappa shape index (κ3) is 2.55. The highest BCUT2D eigenvalue weighted by Gasteiger charge is 2.06. The molecule has 0 bridgehead atoms. The number of benzene rings is 1. The number of rotatable bonds is 4. The van der Waals surface area contributed by atoms with Gasteiger partial charge in [-0.25, -0.2) is 4.79 Å². The van der Waals surface area contributed by atoms with Gasteiger partial charge in [-0.3, -0.25) is 0 Å². The number of methoxy groups -OCH3 is 1. The molecule has 0 atom stereocenters. The number of anilines is 1. The Hall–Kier alpha value is -1.91. The van der Waals surface area contributed by atoms with Crippen LogP contribution in [-0.4, -0.2) is 24.8 Å². The lowest BCUT2D eigenvalue weighted by atomic mass is 10.3. The molecule has 0 amide bonds. The normalized spacial score (nSPS) is 9.50. The van der Waals surface area contributed by atoms with Gasteiger partial charge >= 0.3 is 5.97 Å². The maximum Gasteiger partial charge on any atom is 0.341 e.